The third kappa shape index (κ3) is 2.78. The summed E-state index contributed by atoms with van der Waals surface area (Å²) in [4.78, 5) is 0. The average Bonchev–Trinajstić information content (AvgIpc) is 3.01. The van der Waals surface area contributed by atoms with Crippen molar-refractivity contribution in [2.45, 2.75) is 64.3 Å². The molecule has 2 heteroatoms. The van der Waals surface area contributed by atoms with Crippen LogP contribution in [0.25, 0.3) is 0 Å². The average molecular weight is 224 g/mol. The number of nitrogens with one attached hydrogen (secondary N) is 1. The van der Waals surface area contributed by atoms with Crippen LogP contribution in [0.15, 0.2) is 0 Å². The molecule has 1 unspecified atom stereocenters. The molecule has 0 heterocycles. The van der Waals surface area contributed by atoms with Crippen LogP contribution in [0, 0.1) is 11.3 Å². The molecule has 0 aromatic heterocycles. The van der Waals surface area contributed by atoms with E-state index in [9.17, 15) is 0 Å². The number of nitrogens with two attached hydrogens (primary N) is 1. The van der Waals surface area contributed by atoms with Gasteiger partial charge in [-0.2, -0.15) is 0 Å². The highest BCUT2D eigenvalue weighted by Gasteiger charge is 2.39. The number of rotatable bonds is 6. The van der Waals surface area contributed by atoms with Crippen LogP contribution in [0.4, 0.5) is 0 Å². The molecule has 2 fully saturated rings. The van der Waals surface area contributed by atoms with Gasteiger partial charge in [-0.25, -0.2) is 0 Å². The third-order valence-electron chi connectivity index (χ3n) is 4.93. The molecule has 0 radical (unpaired) electrons. The Bertz CT molecular complexity index is 225. The van der Waals surface area contributed by atoms with Gasteiger partial charge in [0.05, 0.1) is 0 Å². The Morgan fingerprint density at radius 1 is 1.31 bits per heavy atom. The monoisotopic (exact) mass is 224 g/mol. The molecular weight excluding hydrogens is 196 g/mol. The van der Waals surface area contributed by atoms with Crippen LogP contribution in [0.5, 0.6) is 0 Å². The Morgan fingerprint density at radius 3 is 2.44 bits per heavy atom. The molecular formula is C14H28N2. The molecule has 0 aromatic carbocycles. The second-order valence-corrected chi connectivity index (χ2v) is 6.44. The maximum atomic E-state index is 6.33. The van der Waals surface area contributed by atoms with Crippen molar-refractivity contribution in [3.8, 4) is 0 Å². The molecule has 2 aliphatic carbocycles. The van der Waals surface area contributed by atoms with Gasteiger partial charge in [0.2, 0.25) is 0 Å². The quantitative estimate of drug-likeness (QED) is 0.728. The standard InChI is InChI=1S/C14H28N2/c1-3-14(8-4-5-9-14)11-16-10-13(2,15)12-6-7-12/h12,16H,3-11,15H2,1-2H3. The van der Waals surface area contributed by atoms with Crippen molar-refractivity contribution in [3.05, 3.63) is 0 Å². The van der Waals surface area contributed by atoms with Gasteiger partial charge in [0, 0.05) is 18.6 Å². The Hall–Kier alpha value is -0.0800. The summed E-state index contributed by atoms with van der Waals surface area (Å²) in [6.45, 7) is 6.74. The van der Waals surface area contributed by atoms with Gasteiger partial charge in [0.15, 0.2) is 0 Å². The highest BCUT2D eigenvalue weighted by atomic mass is 15.0. The Morgan fingerprint density at radius 2 is 1.94 bits per heavy atom. The van der Waals surface area contributed by atoms with E-state index in [1.54, 1.807) is 0 Å². The topological polar surface area (TPSA) is 38.0 Å². The van der Waals surface area contributed by atoms with E-state index in [4.69, 9.17) is 5.73 Å². The van der Waals surface area contributed by atoms with Gasteiger partial charge in [-0.1, -0.05) is 19.8 Å². The lowest BCUT2D eigenvalue weighted by molar-refractivity contribution is 0.253. The second-order valence-electron chi connectivity index (χ2n) is 6.44. The SMILES string of the molecule is CCC1(CNCC(C)(N)C2CC2)CCCC1. The highest BCUT2D eigenvalue weighted by molar-refractivity contribution is 4.97. The van der Waals surface area contributed by atoms with E-state index in [-0.39, 0.29) is 5.54 Å². The zero-order chi connectivity index (χ0) is 11.6. The lowest BCUT2D eigenvalue weighted by Gasteiger charge is -2.31. The van der Waals surface area contributed by atoms with Crippen LogP contribution >= 0.6 is 0 Å². The Labute approximate surface area is 100 Å². The van der Waals surface area contributed by atoms with Gasteiger partial charge in [-0.05, 0) is 50.4 Å². The predicted octanol–water partition coefficient (Wildman–Crippen LogP) is 2.67. The molecule has 1 atom stereocenters. The van der Waals surface area contributed by atoms with E-state index in [2.05, 4.69) is 19.2 Å². The molecule has 2 nitrogen and oxygen atoms in total. The second kappa shape index (κ2) is 4.66. The number of hydrogen-bond acceptors (Lipinski definition) is 2. The molecule has 0 spiro atoms. The molecule has 0 saturated heterocycles. The fourth-order valence-electron chi connectivity index (χ4n) is 3.26. The van der Waals surface area contributed by atoms with Gasteiger partial charge in [-0.15, -0.1) is 0 Å². The van der Waals surface area contributed by atoms with E-state index < -0.39 is 0 Å². The molecule has 16 heavy (non-hydrogen) atoms. The molecule has 2 rings (SSSR count). The first-order valence-corrected chi connectivity index (χ1v) is 7.08. The van der Waals surface area contributed by atoms with Crippen molar-refractivity contribution in [2.24, 2.45) is 17.1 Å². The van der Waals surface area contributed by atoms with Crippen LogP contribution in [-0.4, -0.2) is 18.6 Å². The smallest absolute Gasteiger partial charge is 0.0280 e. The zero-order valence-electron chi connectivity index (χ0n) is 11.0. The van der Waals surface area contributed by atoms with Crippen molar-refractivity contribution in [1.82, 2.24) is 5.32 Å². The minimum absolute atomic E-state index is 0.0353. The normalized spacial score (nSPS) is 27.9. The minimum atomic E-state index is 0.0353. The summed E-state index contributed by atoms with van der Waals surface area (Å²) in [5.74, 6) is 0.779. The molecule has 2 aliphatic rings. The van der Waals surface area contributed by atoms with Crippen molar-refractivity contribution >= 4 is 0 Å². The van der Waals surface area contributed by atoms with Gasteiger partial charge in [0.25, 0.3) is 0 Å². The predicted molar refractivity (Wildman–Crippen MR) is 69.4 cm³/mol. The summed E-state index contributed by atoms with van der Waals surface area (Å²) < 4.78 is 0. The summed E-state index contributed by atoms with van der Waals surface area (Å²) in [5.41, 5.74) is 6.96. The Kier molecular flexibility index (Phi) is 3.60. The summed E-state index contributed by atoms with van der Waals surface area (Å²) in [5, 5.41) is 3.66. The molecule has 2 saturated carbocycles. The van der Waals surface area contributed by atoms with E-state index in [0.717, 1.165) is 12.5 Å². The first-order valence-electron chi connectivity index (χ1n) is 7.08. The van der Waals surface area contributed by atoms with Gasteiger partial charge >= 0.3 is 0 Å². The summed E-state index contributed by atoms with van der Waals surface area (Å²) >= 11 is 0. The fourth-order valence-corrected chi connectivity index (χ4v) is 3.26. The maximum absolute atomic E-state index is 6.33. The van der Waals surface area contributed by atoms with E-state index >= 15 is 0 Å². The van der Waals surface area contributed by atoms with Crippen molar-refractivity contribution < 1.29 is 0 Å². The maximum Gasteiger partial charge on any atom is 0.0280 e. The molecule has 0 amide bonds. The van der Waals surface area contributed by atoms with Gasteiger partial charge < -0.3 is 11.1 Å². The van der Waals surface area contributed by atoms with Crippen LogP contribution in [-0.2, 0) is 0 Å². The summed E-state index contributed by atoms with van der Waals surface area (Å²) in [6.07, 6.45) is 9.70. The van der Waals surface area contributed by atoms with Crippen LogP contribution in [0.3, 0.4) is 0 Å². The lowest BCUT2D eigenvalue weighted by atomic mass is 9.83. The molecule has 0 aliphatic heterocycles. The molecule has 3 N–H and O–H groups in total. The first-order chi connectivity index (χ1) is 7.58. The zero-order valence-corrected chi connectivity index (χ0v) is 11.0. The minimum Gasteiger partial charge on any atom is -0.324 e. The van der Waals surface area contributed by atoms with Gasteiger partial charge in [-0.3, -0.25) is 0 Å². The highest BCUT2D eigenvalue weighted by Crippen LogP contribution is 2.41. The molecule has 0 bridgehead atoms. The van der Waals surface area contributed by atoms with Crippen molar-refractivity contribution in [2.75, 3.05) is 13.1 Å². The molecule has 94 valence electrons. The summed E-state index contributed by atoms with van der Waals surface area (Å²) in [7, 11) is 0. The van der Waals surface area contributed by atoms with Gasteiger partial charge in [0.1, 0.15) is 0 Å². The lowest BCUT2D eigenvalue weighted by Crippen LogP contribution is -2.49. The van der Waals surface area contributed by atoms with Crippen molar-refractivity contribution in [3.63, 3.8) is 0 Å². The fraction of sp³-hybridized carbons (Fsp3) is 1.00. The van der Waals surface area contributed by atoms with Crippen LogP contribution in [0.1, 0.15) is 58.8 Å². The van der Waals surface area contributed by atoms with Crippen LogP contribution in [0.2, 0.25) is 0 Å². The van der Waals surface area contributed by atoms with Crippen LogP contribution < -0.4 is 11.1 Å². The Balaban J connectivity index is 1.74. The number of hydrogen-bond donors (Lipinski definition) is 2. The van der Waals surface area contributed by atoms with E-state index in [1.807, 2.05) is 0 Å². The third-order valence-corrected chi connectivity index (χ3v) is 4.93. The first kappa shape index (κ1) is 12.4. The molecule has 0 aromatic rings. The van der Waals surface area contributed by atoms with E-state index in [1.165, 1.54) is 51.5 Å². The largest absolute Gasteiger partial charge is 0.324 e. The van der Waals surface area contributed by atoms with Crippen molar-refractivity contribution in [1.29, 1.82) is 0 Å². The van der Waals surface area contributed by atoms with E-state index in [0.29, 0.717) is 5.41 Å². The summed E-state index contributed by atoms with van der Waals surface area (Å²) in [6, 6.07) is 0.